The standard InChI is InChI=1S/C20H29F3N2O2/c1-19(2,3)27-16-6-5-15(17(12-16)20(21,22)23)13-25-18(26)7-4-14-8-10-24-11-9-14/h5-6,12,14,24H,4,7-11,13H2,1-3H3,(H,25,26). The number of benzene rings is 1. The molecule has 0 spiro atoms. The maximum Gasteiger partial charge on any atom is 0.416 e. The van der Waals surface area contributed by atoms with Gasteiger partial charge >= 0.3 is 6.18 Å². The molecule has 0 bridgehead atoms. The number of halogens is 3. The van der Waals surface area contributed by atoms with Gasteiger partial charge in [0.05, 0.1) is 5.56 Å². The van der Waals surface area contributed by atoms with E-state index in [0.29, 0.717) is 12.3 Å². The highest BCUT2D eigenvalue weighted by atomic mass is 19.4. The third-order valence-corrected chi connectivity index (χ3v) is 4.53. The molecule has 27 heavy (non-hydrogen) atoms. The zero-order chi connectivity index (χ0) is 20.1. The van der Waals surface area contributed by atoms with E-state index in [-0.39, 0.29) is 23.8 Å². The first-order chi connectivity index (χ1) is 12.5. The van der Waals surface area contributed by atoms with E-state index in [4.69, 9.17) is 4.74 Å². The first-order valence-electron chi connectivity index (χ1n) is 9.41. The second-order valence-electron chi connectivity index (χ2n) is 8.04. The maximum atomic E-state index is 13.4. The zero-order valence-corrected chi connectivity index (χ0v) is 16.2. The van der Waals surface area contributed by atoms with Crippen LogP contribution in [-0.4, -0.2) is 24.6 Å². The average Bonchev–Trinajstić information content (AvgIpc) is 2.57. The van der Waals surface area contributed by atoms with Crippen LogP contribution >= 0.6 is 0 Å². The predicted octanol–water partition coefficient (Wildman–Crippen LogP) is 4.28. The molecule has 1 aliphatic rings. The first kappa shape index (κ1) is 21.5. The highest BCUT2D eigenvalue weighted by Crippen LogP contribution is 2.35. The molecule has 0 unspecified atom stereocenters. The van der Waals surface area contributed by atoms with Gasteiger partial charge in [-0.15, -0.1) is 0 Å². The molecule has 0 aromatic heterocycles. The van der Waals surface area contributed by atoms with Crippen LogP contribution in [0.3, 0.4) is 0 Å². The molecule has 0 radical (unpaired) electrons. The minimum Gasteiger partial charge on any atom is -0.488 e. The fraction of sp³-hybridized carbons (Fsp3) is 0.650. The molecule has 2 rings (SSSR count). The van der Waals surface area contributed by atoms with Crippen LogP contribution < -0.4 is 15.4 Å². The number of hydrogen-bond acceptors (Lipinski definition) is 3. The SMILES string of the molecule is CC(C)(C)Oc1ccc(CNC(=O)CCC2CCNCC2)c(C(F)(F)F)c1. The van der Waals surface area contributed by atoms with Gasteiger partial charge in [0.25, 0.3) is 0 Å². The van der Waals surface area contributed by atoms with E-state index in [1.165, 1.54) is 12.1 Å². The molecular formula is C20H29F3N2O2. The van der Waals surface area contributed by atoms with Crippen molar-refractivity contribution in [1.82, 2.24) is 10.6 Å². The van der Waals surface area contributed by atoms with Crippen molar-refractivity contribution >= 4 is 5.91 Å². The molecule has 1 saturated heterocycles. The van der Waals surface area contributed by atoms with E-state index in [1.807, 2.05) is 0 Å². The third kappa shape index (κ3) is 7.40. The number of hydrogen-bond donors (Lipinski definition) is 2. The van der Waals surface area contributed by atoms with Crippen LogP contribution in [0, 0.1) is 5.92 Å². The quantitative estimate of drug-likeness (QED) is 0.767. The van der Waals surface area contributed by atoms with Crippen LogP contribution in [0.1, 0.15) is 57.6 Å². The maximum absolute atomic E-state index is 13.4. The van der Waals surface area contributed by atoms with Crippen LogP contribution in [-0.2, 0) is 17.5 Å². The summed E-state index contributed by atoms with van der Waals surface area (Å²) in [5.41, 5.74) is -1.32. The van der Waals surface area contributed by atoms with E-state index in [0.717, 1.165) is 38.4 Å². The molecule has 1 fully saturated rings. The van der Waals surface area contributed by atoms with Gasteiger partial charge in [0.15, 0.2) is 0 Å². The van der Waals surface area contributed by atoms with Crippen molar-refractivity contribution in [2.45, 2.75) is 64.8 Å². The summed E-state index contributed by atoms with van der Waals surface area (Å²) in [5, 5.41) is 5.89. The fourth-order valence-electron chi connectivity index (χ4n) is 3.18. The average molecular weight is 386 g/mol. The van der Waals surface area contributed by atoms with Gasteiger partial charge in [-0.2, -0.15) is 13.2 Å². The van der Waals surface area contributed by atoms with Crippen molar-refractivity contribution < 1.29 is 22.7 Å². The number of rotatable bonds is 6. The van der Waals surface area contributed by atoms with Gasteiger partial charge in [0.2, 0.25) is 5.91 Å². The van der Waals surface area contributed by atoms with Gasteiger partial charge in [0.1, 0.15) is 11.4 Å². The molecule has 0 saturated carbocycles. The van der Waals surface area contributed by atoms with Crippen molar-refractivity contribution in [2.24, 2.45) is 5.92 Å². The van der Waals surface area contributed by atoms with Crippen LogP contribution in [0.4, 0.5) is 13.2 Å². The Morgan fingerprint density at radius 1 is 1.22 bits per heavy atom. The van der Waals surface area contributed by atoms with Gasteiger partial charge in [-0.05, 0) is 76.7 Å². The lowest BCUT2D eigenvalue weighted by Crippen LogP contribution is -2.29. The smallest absolute Gasteiger partial charge is 0.416 e. The summed E-state index contributed by atoms with van der Waals surface area (Å²) in [6, 6.07) is 3.88. The lowest BCUT2D eigenvalue weighted by Gasteiger charge is -2.23. The lowest BCUT2D eigenvalue weighted by atomic mass is 9.93. The number of piperidine rings is 1. The monoisotopic (exact) mass is 386 g/mol. The molecule has 1 heterocycles. The molecule has 0 atom stereocenters. The Morgan fingerprint density at radius 2 is 1.89 bits per heavy atom. The van der Waals surface area contributed by atoms with Crippen LogP contribution in [0.25, 0.3) is 0 Å². The number of nitrogens with one attached hydrogen (secondary N) is 2. The van der Waals surface area contributed by atoms with E-state index in [2.05, 4.69) is 10.6 Å². The summed E-state index contributed by atoms with van der Waals surface area (Å²) in [4.78, 5) is 12.0. The van der Waals surface area contributed by atoms with E-state index in [1.54, 1.807) is 20.8 Å². The summed E-state index contributed by atoms with van der Waals surface area (Å²) in [6.07, 6.45) is -1.30. The zero-order valence-electron chi connectivity index (χ0n) is 16.2. The van der Waals surface area contributed by atoms with Gasteiger partial charge in [-0.25, -0.2) is 0 Å². The Balaban J connectivity index is 1.96. The first-order valence-corrected chi connectivity index (χ1v) is 9.41. The van der Waals surface area contributed by atoms with Crippen molar-refractivity contribution in [3.05, 3.63) is 29.3 Å². The summed E-state index contributed by atoms with van der Waals surface area (Å²) in [5.74, 6) is 0.462. The summed E-state index contributed by atoms with van der Waals surface area (Å²) < 4.78 is 45.7. The van der Waals surface area contributed by atoms with Gasteiger partial charge in [-0.1, -0.05) is 6.07 Å². The third-order valence-electron chi connectivity index (χ3n) is 4.53. The summed E-state index contributed by atoms with van der Waals surface area (Å²) in [7, 11) is 0. The number of ether oxygens (including phenoxy) is 1. The van der Waals surface area contributed by atoms with Gasteiger partial charge in [-0.3, -0.25) is 4.79 Å². The molecule has 4 nitrogen and oxygen atoms in total. The van der Waals surface area contributed by atoms with Crippen molar-refractivity contribution in [3.63, 3.8) is 0 Å². The Labute approximate surface area is 158 Å². The Morgan fingerprint density at radius 3 is 2.48 bits per heavy atom. The molecule has 7 heteroatoms. The van der Waals surface area contributed by atoms with Gasteiger partial charge in [0, 0.05) is 13.0 Å². The summed E-state index contributed by atoms with van der Waals surface area (Å²) >= 11 is 0. The molecule has 1 aromatic carbocycles. The van der Waals surface area contributed by atoms with Crippen LogP contribution in [0.5, 0.6) is 5.75 Å². The number of amides is 1. The van der Waals surface area contributed by atoms with Gasteiger partial charge < -0.3 is 15.4 Å². The molecular weight excluding hydrogens is 357 g/mol. The normalized spacial score (nSPS) is 16.2. The Hall–Kier alpha value is -1.76. The number of alkyl halides is 3. The minimum absolute atomic E-state index is 0.0407. The molecule has 0 aliphatic carbocycles. The van der Waals surface area contributed by atoms with Crippen molar-refractivity contribution in [2.75, 3.05) is 13.1 Å². The topological polar surface area (TPSA) is 50.4 Å². The second-order valence-corrected chi connectivity index (χ2v) is 8.04. The van der Waals surface area contributed by atoms with Crippen LogP contribution in [0.2, 0.25) is 0 Å². The highest BCUT2D eigenvalue weighted by molar-refractivity contribution is 5.75. The predicted molar refractivity (Wildman–Crippen MR) is 98.5 cm³/mol. The Bertz CT molecular complexity index is 633. The van der Waals surface area contributed by atoms with E-state index < -0.39 is 17.3 Å². The Kier molecular flexibility index (Phi) is 7.14. The highest BCUT2D eigenvalue weighted by Gasteiger charge is 2.34. The second kappa shape index (κ2) is 8.95. The minimum atomic E-state index is -4.51. The van der Waals surface area contributed by atoms with Crippen molar-refractivity contribution in [3.8, 4) is 5.75 Å². The largest absolute Gasteiger partial charge is 0.488 e. The summed E-state index contributed by atoms with van der Waals surface area (Å²) in [6.45, 7) is 7.11. The molecule has 152 valence electrons. The van der Waals surface area contributed by atoms with E-state index >= 15 is 0 Å². The van der Waals surface area contributed by atoms with Crippen molar-refractivity contribution in [1.29, 1.82) is 0 Å². The fourth-order valence-corrected chi connectivity index (χ4v) is 3.18. The molecule has 1 aliphatic heterocycles. The lowest BCUT2D eigenvalue weighted by molar-refractivity contribution is -0.138. The molecule has 1 aromatic rings. The number of carbonyl (C=O) groups is 1. The van der Waals surface area contributed by atoms with Crippen LogP contribution in [0.15, 0.2) is 18.2 Å². The van der Waals surface area contributed by atoms with E-state index in [9.17, 15) is 18.0 Å². The molecule has 1 amide bonds. The molecule has 2 N–H and O–H groups in total. The number of carbonyl (C=O) groups excluding carboxylic acids is 1.